The van der Waals surface area contributed by atoms with Gasteiger partial charge >= 0.3 is 6.09 Å². The molecule has 0 aromatic heterocycles. The lowest BCUT2D eigenvalue weighted by Gasteiger charge is -2.36. The molecule has 2 saturated heterocycles. The summed E-state index contributed by atoms with van der Waals surface area (Å²) in [5, 5.41) is 3.41. The molecule has 0 saturated carbocycles. The largest absolute Gasteiger partial charge is 0.444 e. The van der Waals surface area contributed by atoms with Crippen molar-refractivity contribution in [3.63, 3.8) is 0 Å². The monoisotopic (exact) mass is 398 g/mol. The lowest BCUT2D eigenvalue weighted by Crippen LogP contribution is -2.49. The minimum atomic E-state index is -0.457. The van der Waals surface area contributed by atoms with Crippen LogP contribution in [0.15, 0.2) is 12.1 Å². The minimum absolute atomic E-state index is 0.219. The number of carbonyl (C=O) groups excluding carboxylic acids is 1. The number of carbonyl (C=O) groups is 1. The first-order chi connectivity index (χ1) is 13.8. The zero-order valence-corrected chi connectivity index (χ0v) is 18.3. The van der Waals surface area contributed by atoms with Crippen molar-refractivity contribution in [3.05, 3.63) is 28.8 Å². The van der Waals surface area contributed by atoms with Crippen molar-refractivity contribution in [1.82, 2.24) is 15.1 Å². The summed E-state index contributed by atoms with van der Waals surface area (Å²) in [7, 11) is 0. The maximum atomic E-state index is 12.3. The van der Waals surface area contributed by atoms with E-state index < -0.39 is 5.60 Å². The molecule has 1 aromatic carbocycles. The third-order valence-electron chi connectivity index (χ3n) is 5.53. The topological polar surface area (TPSA) is 48.1 Å². The first-order valence-corrected chi connectivity index (χ1v) is 10.5. The Hall–Kier alpha value is -2.23. The molecule has 0 aliphatic carbocycles. The van der Waals surface area contributed by atoms with Crippen LogP contribution in [0.3, 0.4) is 0 Å². The Labute approximate surface area is 175 Å². The van der Waals surface area contributed by atoms with Gasteiger partial charge in [-0.25, -0.2) is 4.79 Å². The summed E-state index contributed by atoms with van der Waals surface area (Å²) in [6.45, 7) is 15.8. The van der Waals surface area contributed by atoms with E-state index >= 15 is 0 Å². The van der Waals surface area contributed by atoms with E-state index in [1.165, 1.54) is 16.8 Å². The first-order valence-electron chi connectivity index (χ1n) is 10.5. The molecule has 1 aromatic rings. The quantitative estimate of drug-likeness (QED) is 0.793. The summed E-state index contributed by atoms with van der Waals surface area (Å²) >= 11 is 0. The van der Waals surface area contributed by atoms with Crippen molar-refractivity contribution in [2.45, 2.75) is 39.8 Å². The van der Waals surface area contributed by atoms with Crippen molar-refractivity contribution >= 4 is 11.8 Å². The van der Waals surface area contributed by atoms with Crippen molar-refractivity contribution in [2.75, 3.05) is 57.3 Å². The van der Waals surface area contributed by atoms with Gasteiger partial charge in [0.2, 0.25) is 0 Å². The molecule has 1 N–H and O–H groups in total. The molecule has 2 aliphatic rings. The molecule has 0 spiro atoms. The van der Waals surface area contributed by atoms with Gasteiger partial charge in [0, 0.05) is 70.2 Å². The highest BCUT2D eigenvalue weighted by atomic mass is 16.6. The summed E-state index contributed by atoms with van der Waals surface area (Å²) in [5.74, 6) is 2.82. The fourth-order valence-corrected chi connectivity index (χ4v) is 3.90. The Balaban J connectivity index is 1.66. The van der Waals surface area contributed by atoms with Crippen molar-refractivity contribution in [3.8, 4) is 12.3 Å². The molecule has 2 fully saturated rings. The second-order valence-electron chi connectivity index (χ2n) is 8.90. The predicted molar refractivity (Wildman–Crippen MR) is 117 cm³/mol. The first kappa shape index (κ1) is 21.5. The number of benzene rings is 1. The molecule has 29 heavy (non-hydrogen) atoms. The van der Waals surface area contributed by atoms with Gasteiger partial charge in [0.1, 0.15) is 5.60 Å². The number of piperazine rings is 2. The van der Waals surface area contributed by atoms with E-state index in [1.807, 2.05) is 20.8 Å². The number of ether oxygens (including phenoxy) is 1. The van der Waals surface area contributed by atoms with Crippen LogP contribution in [0.25, 0.3) is 0 Å². The molecule has 0 bridgehead atoms. The summed E-state index contributed by atoms with van der Waals surface area (Å²) < 4.78 is 5.50. The van der Waals surface area contributed by atoms with Crippen molar-refractivity contribution in [1.29, 1.82) is 0 Å². The normalized spacial score (nSPS) is 18.4. The SMILES string of the molecule is C#Cc1cc(CN2CCN(C(=O)OC(C)(C)C)CC2)c(C)c(N2CCNCC2)c1. The van der Waals surface area contributed by atoms with Gasteiger partial charge in [0.25, 0.3) is 0 Å². The number of nitrogens with one attached hydrogen (secondary N) is 1. The van der Waals surface area contributed by atoms with Crippen LogP contribution in [-0.4, -0.2) is 73.9 Å². The maximum Gasteiger partial charge on any atom is 0.410 e. The molecule has 158 valence electrons. The fraction of sp³-hybridized carbons (Fsp3) is 0.609. The Morgan fingerprint density at radius 1 is 1.14 bits per heavy atom. The number of rotatable bonds is 3. The predicted octanol–water partition coefficient (Wildman–Crippen LogP) is 2.44. The van der Waals surface area contributed by atoms with E-state index in [0.717, 1.165) is 51.4 Å². The Morgan fingerprint density at radius 3 is 2.38 bits per heavy atom. The fourth-order valence-electron chi connectivity index (χ4n) is 3.90. The summed E-state index contributed by atoms with van der Waals surface area (Å²) in [5.41, 5.74) is 4.32. The lowest BCUT2D eigenvalue weighted by atomic mass is 10.0. The second kappa shape index (κ2) is 9.06. The van der Waals surface area contributed by atoms with Crippen LogP contribution in [0.2, 0.25) is 0 Å². The van der Waals surface area contributed by atoms with Gasteiger partial charge in [-0.1, -0.05) is 5.92 Å². The highest BCUT2D eigenvalue weighted by Crippen LogP contribution is 2.27. The average Bonchev–Trinajstić information content (AvgIpc) is 2.69. The Kier molecular flexibility index (Phi) is 6.71. The summed E-state index contributed by atoms with van der Waals surface area (Å²) in [6, 6.07) is 4.28. The third-order valence-corrected chi connectivity index (χ3v) is 5.53. The van der Waals surface area contributed by atoms with Crippen LogP contribution in [0, 0.1) is 19.3 Å². The number of terminal acetylenes is 1. The molecule has 2 heterocycles. The highest BCUT2D eigenvalue weighted by Gasteiger charge is 2.26. The molecule has 6 nitrogen and oxygen atoms in total. The van der Waals surface area contributed by atoms with Crippen LogP contribution in [0.5, 0.6) is 0 Å². The van der Waals surface area contributed by atoms with E-state index in [4.69, 9.17) is 11.2 Å². The molecule has 1 amide bonds. The molecular weight excluding hydrogens is 364 g/mol. The van der Waals surface area contributed by atoms with E-state index in [1.54, 1.807) is 4.90 Å². The Bertz CT molecular complexity index is 764. The van der Waals surface area contributed by atoms with Gasteiger partial charge in [0.05, 0.1) is 0 Å². The average molecular weight is 399 g/mol. The van der Waals surface area contributed by atoms with Gasteiger partial charge in [0.15, 0.2) is 0 Å². The number of anilines is 1. The van der Waals surface area contributed by atoms with E-state index in [-0.39, 0.29) is 6.09 Å². The van der Waals surface area contributed by atoms with Gasteiger partial charge in [-0.05, 0) is 51.0 Å². The molecule has 0 unspecified atom stereocenters. The Morgan fingerprint density at radius 2 is 1.79 bits per heavy atom. The molecule has 6 heteroatoms. The van der Waals surface area contributed by atoms with Crippen LogP contribution in [0.1, 0.15) is 37.5 Å². The van der Waals surface area contributed by atoms with Crippen LogP contribution in [0.4, 0.5) is 10.5 Å². The van der Waals surface area contributed by atoms with Crippen molar-refractivity contribution < 1.29 is 9.53 Å². The summed E-state index contributed by atoms with van der Waals surface area (Å²) in [6.07, 6.45) is 5.53. The number of hydrogen-bond donors (Lipinski definition) is 1. The van der Waals surface area contributed by atoms with Gasteiger partial charge in [-0.15, -0.1) is 6.42 Å². The number of nitrogens with zero attached hydrogens (tertiary/aromatic N) is 3. The molecule has 2 aliphatic heterocycles. The molecule has 0 radical (unpaired) electrons. The lowest BCUT2D eigenvalue weighted by molar-refractivity contribution is 0.0139. The zero-order chi connectivity index (χ0) is 21.0. The summed E-state index contributed by atoms with van der Waals surface area (Å²) in [4.78, 5) is 18.9. The molecule has 0 atom stereocenters. The van der Waals surface area contributed by atoms with E-state index in [2.05, 4.69) is 40.1 Å². The standard InChI is InChI=1S/C23H34N4O2/c1-6-19-15-20(18(2)21(16-19)26-9-7-24-8-10-26)17-25-11-13-27(14-12-25)22(28)29-23(3,4)5/h1,15-16,24H,7-14,17H2,2-5H3. The number of hydrogen-bond acceptors (Lipinski definition) is 5. The number of amides is 1. The second-order valence-corrected chi connectivity index (χ2v) is 8.90. The van der Waals surface area contributed by atoms with Crippen LogP contribution in [-0.2, 0) is 11.3 Å². The van der Waals surface area contributed by atoms with E-state index in [0.29, 0.717) is 13.1 Å². The maximum absolute atomic E-state index is 12.3. The van der Waals surface area contributed by atoms with Gasteiger partial charge in [-0.3, -0.25) is 4.90 Å². The van der Waals surface area contributed by atoms with Gasteiger partial charge in [-0.2, -0.15) is 0 Å². The van der Waals surface area contributed by atoms with Crippen molar-refractivity contribution in [2.24, 2.45) is 0 Å². The van der Waals surface area contributed by atoms with Gasteiger partial charge < -0.3 is 19.9 Å². The third kappa shape index (κ3) is 5.65. The van der Waals surface area contributed by atoms with Crippen LogP contribution < -0.4 is 10.2 Å². The van der Waals surface area contributed by atoms with Crippen LogP contribution >= 0.6 is 0 Å². The molecular formula is C23H34N4O2. The zero-order valence-electron chi connectivity index (χ0n) is 18.3. The highest BCUT2D eigenvalue weighted by molar-refractivity contribution is 5.68. The molecule has 3 rings (SSSR count). The van der Waals surface area contributed by atoms with E-state index in [9.17, 15) is 4.79 Å². The smallest absolute Gasteiger partial charge is 0.410 e. The minimum Gasteiger partial charge on any atom is -0.444 e.